The van der Waals surface area contributed by atoms with E-state index in [0.29, 0.717) is 13.2 Å². The fourth-order valence-electron chi connectivity index (χ4n) is 3.61. The Kier molecular flexibility index (Phi) is 7.06. The van der Waals surface area contributed by atoms with Crippen molar-refractivity contribution in [3.05, 3.63) is 144 Å². The third kappa shape index (κ3) is 5.24. The Bertz CT molecular complexity index is 822. The van der Waals surface area contributed by atoms with E-state index in [1.54, 1.807) is 0 Å². The molecule has 0 atom stereocenters. The van der Waals surface area contributed by atoms with Crippen molar-refractivity contribution in [1.29, 1.82) is 0 Å². The summed E-state index contributed by atoms with van der Waals surface area (Å²) in [6.07, 6.45) is -0.217. The fourth-order valence-corrected chi connectivity index (χ4v) is 3.61. The quantitative estimate of drug-likeness (QED) is 0.298. The van der Waals surface area contributed by atoms with Gasteiger partial charge < -0.3 is 9.47 Å². The predicted molar refractivity (Wildman–Crippen MR) is 121 cm³/mol. The van der Waals surface area contributed by atoms with Gasteiger partial charge in [0.15, 0.2) is 0 Å². The molecule has 0 bridgehead atoms. The standard InChI is InChI=1S/C28H26O2/c1-5-13-23(14-6-1)27(24-15-7-2-8-16-24)29-21-22-30-28(25-17-9-3-10-18-25)26-19-11-4-12-20-26/h1-20,27-28H,21-22H2. The molecule has 4 rings (SSSR count). The Morgan fingerprint density at radius 1 is 0.367 bits per heavy atom. The Morgan fingerprint density at radius 3 is 0.833 bits per heavy atom. The second-order valence-electron chi connectivity index (χ2n) is 7.14. The molecule has 0 aromatic heterocycles. The molecular weight excluding hydrogens is 368 g/mol. The normalized spacial score (nSPS) is 11.1. The Morgan fingerprint density at radius 2 is 0.600 bits per heavy atom. The maximum Gasteiger partial charge on any atom is 0.108 e. The molecule has 2 heteroatoms. The minimum absolute atomic E-state index is 0.108. The molecule has 0 amide bonds. The molecule has 0 aliphatic rings. The maximum absolute atomic E-state index is 6.31. The van der Waals surface area contributed by atoms with Crippen molar-refractivity contribution < 1.29 is 9.47 Å². The van der Waals surface area contributed by atoms with Gasteiger partial charge in [0.25, 0.3) is 0 Å². The Balaban J connectivity index is 1.45. The molecule has 30 heavy (non-hydrogen) atoms. The summed E-state index contributed by atoms with van der Waals surface area (Å²) in [7, 11) is 0. The minimum Gasteiger partial charge on any atom is -0.366 e. The van der Waals surface area contributed by atoms with Crippen LogP contribution in [0, 0.1) is 0 Å². The molecule has 2 nitrogen and oxygen atoms in total. The lowest BCUT2D eigenvalue weighted by atomic mass is 10.0. The van der Waals surface area contributed by atoms with Crippen LogP contribution in [0.15, 0.2) is 121 Å². The van der Waals surface area contributed by atoms with Gasteiger partial charge in [0.1, 0.15) is 12.2 Å². The van der Waals surface area contributed by atoms with Gasteiger partial charge in [-0.05, 0) is 22.3 Å². The largest absolute Gasteiger partial charge is 0.366 e. The van der Waals surface area contributed by atoms with E-state index in [0.717, 1.165) is 22.3 Å². The molecule has 0 spiro atoms. The SMILES string of the molecule is c1ccc(C(OCCOC(c2ccccc2)c2ccccc2)c2ccccc2)cc1. The second-order valence-corrected chi connectivity index (χ2v) is 7.14. The highest BCUT2D eigenvalue weighted by atomic mass is 16.5. The van der Waals surface area contributed by atoms with Gasteiger partial charge in [-0.3, -0.25) is 0 Å². The number of rotatable bonds is 9. The minimum atomic E-state index is -0.108. The van der Waals surface area contributed by atoms with Gasteiger partial charge >= 0.3 is 0 Å². The van der Waals surface area contributed by atoms with Gasteiger partial charge in [-0.15, -0.1) is 0 Å². The van der Waals surface area contributed by atoms with Gasteiger partial charge in [0.05, 0.1) is 13.2 Å². The van der Waals surface area contributed by atoms with Crippen molar-refractivity contribution in [3.8, 4) is 0 Å². The summed E-state index contributed by atoms with van der Waals surface area (Å²) >= 11 is 0. The third-order valence-corrected chi connectivity index (χ3v) is 5.06. The van der Waals surface area contributed by atoms with Gasteiger partial charge in [0.2, 0.25) is 0 Å². The highest BCUT2D eigenvalue weighted by Gasteiger charge is 2.17. The highest BCUT2D eigenvalue weighted by Crippen LogP contribution is 2.28. The number of hydrogen-bond donors (Lipinski definition) is 0. The molecule has 0 N–H and O–H groups in total. The van der Waals surface area contributed by atoms with Crippen LogP contribution in [-0.2, 0) is 9.47 Å². The van der Waals surface area contributed by atoms with E-state index in [1.165, 1.54) is 0 Å². The topological polar surface area (TPSA) is 18.5 Å². The summed E-state index contributed by atoms with van der Waals surface area (Å²) in [6.45, 7) is 1.01. The lowest BCUT2D eigenvalue weighted by molar-refractivity contribution is -0.000904. The summed E-state index contributed by atoms with van der Waals surface area (Å²) in [5.74, 6) is 0. The molecule has 150 valence electrons. The van der Waals surface area contributed by atoms with E-state index in [-0.39, 0.29) is 12.2 Å². The van der Waals surface area contributed by atoms with Crippen molar-refractivity contribution in [2.75, 3.05) is 13.2 Å². The molecule has 0 heterocycles. The van der Waals surface area contributed by atoms with Crippen LogP contribution in [0.5, 0.6) is 0 Å². The zero-order valence-corrected chi connectivity index (χ0v) is 16.9. The zero-order valence-electron chi connectivity index (χ0n) is 16.9. The molecular formula is C28H26O2. The van der Waals surface area contributed by atoms with Gasteiger partial charge in [-0.25, -0.2) is 0 Å². The van der Waals surface area contributed by atoms with Gasteiger partial charge in [-0.1, -0.05) is 121 Å². The highest BCUT2D eigenvalue weighted by molar-refractivity contribution is 5.31. The third-order valence-electron chi connectivity index (χ3n) is 5.06. The first-order valence-corrected chi connectivity index (χ1v) is 10.3. The van der Waals surface area contributed by atoms with E-state index in [2.05, 4.69) is 48.5 Å². The molecule has 0 fully saturated rings. The van der Waals surface area contributed by atoms with Gasteiger partial charge in [-0.2, -0.15) is 0 Å². The molecule has 4 aromatic rings. The molecule has 0 saturated carbocycles. The van der Waals surface area contributed by atoms with Crippen LogP contribution in [0.4, 0.5) is 0 Å². The van der Waals surface area contributed by atoms with Crippen molar-refractivity contribution >= 4 is 0 Å². The summed E-state index contributed by atoms with van der Waals surface area (Å²) in [5.41, 5.74) is 4.58. The summed E-state index contributed by atoms with van der Waals surface area (Å²) < 4.78 is 12.6. The predicted octanol–water partition coefficient (Wildman–Crippen LogP) is 6.60. The monoisotopic (exact) mass is 394 g/mol. The van der Waals surface area contributed by atoms with E-state index < -0.39 is 0 Å². The van der Waals surface area contributed by atoms with Crippen LogP contribution >= 0.6 is 0 Å². The molecule has 0 saturated heterocycles. The van der Waals surface area contributed by atoms with Crippen molar-refractivity contribution in [2.45, 2.75) is 12.2 Å². The lowest BCUT2D eigenvalue weighted by Crippen LogP contribution is -2.14. The van der Waals surface area contributed by atoms with Crippen molar-refractivity contribution in [2.24, 2.45) is 0 Å². The van der Waals surface area contributed by atoms with Crippen LogP contribution in [0.25, 0.3) is 0 Å². The average Bonchev–Trinajstić information content (AvgIpc) is 2.84. The summed E-state index contributed by atoms with van der Waals surface area (Å²) in [5, 5.41) is 0. The maximum atomic E-state index is 6.31. The number of benzene rings is 4. The molecule has 0 aliphatic carbocycles. The number of hydrogen-bond acceptors (Lipinski definition) is 2. The number of ether oxygens (including phenoxy) is 2. The van der Waals surface area contributed by atoms with E-state index >= 15 is 0 Å². The van der Waals surface area contributed by atoms with E-state index in [1.807, 2.05) is 72.8 Å². The lowest BCUT2D eigenvalue weighted by Gasteiger charge is -2.22. The molecule has 4 aromatic carbocycles. The van der Waals surface area contributed by atoms with Crippen LogP contribution in [0.1, 0.15) is 34.5 Å². The van der Waals surface area contributed by atoms with E-state index in [4.69, 9.17) is 9.47 Å². The van der Waals surface area contributed by atoms with Crippen molar-refractivity contribution in [3.63, 3.8) is 0 Å². The smallest absolute Gasteiger partial charge is 0.108 e. The van der Waals surface area contributed by atoms with E-state index in [9.17, 15) is 0 Å². The summed E-state index contributed by atoms with van der Waals surface area (Å²) in [4.78, 5) is 0. The summed E-state index contributed by atoms with van der Waals surface area (Å²) in [6, 6.07) is 41.3. The van der Waals surface area contributed by atoms with Gasteiger partial charge in [0, 0.05) is 0 Å². The van der Waals surface area contributed by atoms with Crippen LogP contribution in [-0.4, -0.2) is 13.2 Å². The Hall–Kier alpha value is -3.20. The average molecular weight is 395 g/mol. The van der Waals surface area contributed by atoms with Crippen LogP contribution < -0.4 is 0 Å². The zero-order chi connectivity index (χ0) is 20.4. The molecule has 0 unspecified atom stereocenters. The first kappa shape index (κ1) is 20.1. The molecule has 0 aliphatic heterocycles. The fraction of sp³-hybridized carbons (Fsp3) is 0.143. The second kappa shape index (κ2) is 10.5. The van der Waals surface area contributed by atoms with Crippen LogP contribution in [0.2, 0.25) is 0 Å². The first-order chi connectivity index (χ1) is 14.9. The van der Waals surface area contributed by atoms with Crippen molar-refractivity contribution in [1.82, 2.24) is 0 Å². The van der Waals surface area contributed by atoms with Crippen LogP contribution in [0.3, 0.4) is 0 Å². The Labute approximate surface area is 178 Å². The molecule has 0 radical (unpaired) electrons. The first-order valence-electron chi connectivity index (χ1n) is 10.3.